The molecule has 0 amide bonds. The van der Waals surface area contributed by atoms with E-state index in [9.17, 15) is 0 Å². The SMILES string of the molecule is CC(C)(C)C(CCN)CCc1nc(-c2cccs2)n[nH]1. The van der Waals surface area contributed by atoms with Crippen molar-refractivity contribution in [1.82, 2.24) is 15.2 Å². The number of rotatable bonds is 6. The van der Waals surface area contributed by atoms with E-state index in [1.165, 1.54) is 0 Å². The molecule has 0 fully saturated rings. The van der Waals surface area contributed by atoms with Gasteiger partial charge >= 0.3 is 0 Å². The average Bonchev–Trinajstić information content (AvgIpc) is 3.03. The number of nitrogens with two attached hydrogens (primary N) is 1. The topological polar surface area (TPSA) is 67.6 Å². The number of hydrogen-bond donors (Lipinski definition) is 2. The first-order valence-corrected chi connectivity index (χ1v) is 8.04. The van der Waals surface area contributed by atoms with Crippen LogP contribution in [0.2, 0.25) is 0 Å². The van der Waals surface area contributed by atoms with Crippen molar-refractivity contribution in [2.75, 3.05) is 6.54 Å². The first kappa shape index (κ1) is 15.2. The van der Waals surface area contributed by atoms with Gasteiger partial charge in [0.2, 0.25) is 0 Å². The van der Waals surface area contributed by atoms with Crippen molar-refractivity contribution in [3.8, 4) is 10.7 Å². The summed E-state index contributed by atoms with van der Waals surface area (Å²) in [6.07, 6.45) is 3.09. The molecule has 0 saturated carbocycles. The summed E-state index contributed by atoms with van der Waals surface area (Å²) in [6, 6.07) is 4.07. The van der Waals surface area contributed by atoms with Gasteiger partial charge in [0.15, 0.2) is 5.82 Å². The van der Waals surface area contributed by atoms with Crippen LogP contribution in [0, 0.1) is 11.3 Å². The highest BCUT2D eigenvalue weighted by Gasteiger charge is 2.24. The first-order valence-electron chi connectivity index (χ1n) is 7.16. The van der Waals surface area contributed by atoms with Gasteiger partial charge in [0.1, 0.15) is 5.82 Å². The Morgan fingerprint density at radius 2 is 2.15 bits per heavy atom. The second kappa shape index (κ2) is 6.50. The predicted octanol–water partition coefficient (Wildman–Crippen LogP) is 3.48. The zero-order chi connectivity index (χ0) is 14.6. The van der Waals surface area contributed by atoms with Crippen molar-refractivity contribution >= 4 is 11.3 Å². The highest BCUT2D eigenvalue weighted by molar-refractivity contribution is 7.13. The summed E-state index contributed by atoms with van der Waals surface area (Å²) in [5.41, 5.74) is 6.02. The Kier molecular flexibility index (Phi) is 4.94. The van der Waals surface area contributed by atoms with Gasteiger partial charge in [-0.05, 0) is 42.2 Å². The third kappa shape index (κ3) is 3.90. The number of nitrogens with zero attached hydrogens (tertiary/aromatic N) is 2. The molecule has 2 aromatic rings. The van der Waals surface area contributed by atoms with Gasteiger partial charge in [0.05, 0.1) is 4.88 Å². The molecule has 5 heteroatoms. The molecule has 3 N–H and O–H groups in total. The number of aromatic nitrogens is 3. The first-order chi connectivity index (χ1) is 9.50. The minimum Gasteiger partial charge on any atom is -0.330 e. The molecule has 0 bridgehead atoms. The molecule has 0 aliphatic heterocycles. The lowest BCUT2D eigenvalue weighted by Gasteiger charge is -2.30. The molecule has 0 aromatic carbocycles. The highest BCUT2D eigenvalue weighted by Crippen LogP contribution is 2.32. The Morgan fingerprint density at radius 1 is 1.35 bits per heavy atom. The van der Waals surface area contributed by atoms with E-state index in [-0.39, 0.29) is 5.41 Å². The number of nitrogens with one attached hydrogen (secondary N) is 1. The zero-order valence-corrected chi connectivity index (χ0v) is 13.3. The largest absolute Gasteiger partial charge is 0.330 e. The summed E-state index contributed by atoms with van der Waals surface area (Å²) in [7, 11) is 0. The fourth-order valence-electron chi connectivity index (χ4n) is 2.45. The monoisotopic (exact) mass is 292 g/mol. The van der Waals surface area contributed by atoms with Crippen LogP contribution in [-0.4, -0.2) is 21.7 Å². The second-order valence-electron chi connectivity index (χ2n) is 6.26. The van der Waals surface area contributed by atoms with Gasteiger partial charge in [0, 0.05) is 6.42 Å². The summed E-state index contributed by atoms with van der Waals surface area (Å²) in [5.74, 6) is 2.39. The van der Waals surface area contributed by atoms with Crippen molar-refractivity contribution in [3.05, 3.63) is 23.3 Å². The molecular formula is C15H24N4S. The normalized spacial score (nSPS) is 13.6. The van der Waals surface area contributed by atoms with Gasteiger partial charge in [-0.2, -0.15) is 5.10 Å². The molecular weight excluding hydrogens is 268 g/mol. The van der Waals surface area contributed by atoms with Crippen molar-refractivity contribution in [3.63, 3.8) is 0 Å². The zero-order valence-electron chi connectivity index (χ0n) is 12.5. The maximum absolute atomic E-state index is 5.73. The van der Waals surface area contributed by atoms with Crippen LogP contribution in [0.1, 0.15) is 39.4 Å². The lowest BCUT2D eigenvalue weighted by molar-refractivity contribution is 0.214. The third-order valence-electron chi connectivity index (χ3n) is 3.74. The molecule has 1 atom stereocenters. The van der Waals surface area contributed by atoms with Crippen LogP contribution in [0.15, 0.2) is 17.5 Å². The number of H-pyrrole nitrogens is 1. The lowest BCUT2D eigenvalue weighted by Crippen LogP contribution is -2.24. The molecule has 110 valence electrons. The van der Waals surface area contributed by atoms with Crippen molar-refractivity contribution in [2.45, 2.75) is 40.0 Å². The lowest BCUT2D eigenvalue weighted by atomic mass is 9.76. The fourth-order valence-corrected chi connectivity index (χ4v) is 3.10. The van der Waals surface area contributed by atoms with E-state index in [4.69, 9.17) is 5.73 Å². The highest BCUT2D eigenvalue weighted by atomic mass is 32.1. The summed E-state index contributed by atoms with van der Waals surface area (Å²) < 4.78 is 0. The van der Waals surface area contributed by atoms with Gasteiger partial charge in [-0.15, -0.1) is 11.3 Å². The van der Waals surface area contributed by atoms with Crippen LogP contribution < -0.4 is 5.73 Å². The Morgan fingerprint density at radius 3 is 2.75 bits per heavy atom. The summed E-state index contributed by atoms with van der Waals surface area (Å²) in [4.78, 5) is 5.69. The maximum atomic E-state index is 5.73. The van der Waals surface area contributed by atoms with Crippen LogP contribution in [0.25, 0.3) is 10.7 Å². The molecule has 2 rings (SSSR count). The summed E-state index contributed by atoms with van der Waals surface area (Å²) in [6.45, 7) is 7.60. The molecule has 20 heavy (non-hydrogen) atoms. The molecule has 0 spiro atoms. The standard InChI is InChI=1S/C15H24N4S/c1-15(2,3)11(8-9-16)6-7-13-17-14(19-18-13)12-5-4-10-20-12/h4-5,10-11H,6-9,16H2,1-3H3,(H,17,18,19). The third-order valence-corrected chi connectivity index (χ3v) is 4.61. The van der Waals surface area contributed by atoms with E-state index >= 15 is 0 Å². The minimum atomic E-state index is 0.288. The minimum absolute atomic E-state index is 0.288. The van der Waals surface area contributed by atoms with Crippen LogP contribution in [0.3, 0.4) is 0 Å². The molecule has 0 aliphatic rings. The number of thiophene rings is 1. The van der Waals surface area contributed by atoms with Gasteiger partial charge in [0.25, 0.3) is 0 Å². The van der Waals surface area contributed by atoms with Crippen molar-refractivity contribution in [2.24, 2.45) is 17.1 Å². The average molecular weight is 292 g/mol. The van der Waals surface area contributed by atoms with Gasteiger partial charge in [-0.1, -0.05) is 26.8 Å². The van der Waals surface area contributed by atoms with E-state index in [0.29, 0.717) is 5.92 Å². The van der Waals surface area contributed by atoms with Crippen LogP contribution in [0.5, 0.6) is 0 Å². The molecule has 0 radical (unpaired) electrons. The van der Waals surface area contributed by atoms with Crippen LogP contribution in [0.4, 0.5) is 0 Å². The Hall–Kier alpha value is -1.20. The predicted molar refractivity (Wildman–Crippen MR) is 84.6 cm³/mol. The van der Waals surface area contributed by atoms with E-state index in [0.717, 1.165) is 42.3 Å². The van der Waals surface area contributed by atoms with E-state index < -0.39 is 0 Å². The van der Waals surface area contributed by atoms with E-state index in [1.54, 1.807) is 11.3 Å². The molecule has 0 aliphatic carbocycles. The smallest absolute Gasteiger partial charge is 0.191 e. The van der Waals surface area contributed by atoms with Crippen LogP contribution in [-0.2, 0) is 6.42 Å². The van der Waals surface area contributed by atoms with Crippen molar-refractivity contribution in [1.29, 1.82) is 0 Å². The van der Waals surface area contributed by atoms with E-state index in [2.05, 4.69) is 36.0 Å². The number of aryl methyl sites for hydroxylation is 1. The van der Waals surface area contributed by atoms with Crippen molar-refractivity contribution < 1.29 is 0 Å². The molecule has 2 heterocycles. The van der Waals surface area contributed by atoms with Gasteiger partial charge in [-0.25, -0.2) is 4.98 Å². The molecule has 1 unspecified atom stereocenters. The Bertz CT molecular complexity index is 510. The quantitative estimate of drug-likeness (QED) is 0.856. The van der Waals surface area contributed by atoms with Gasteiger partial charge in [-0.3, -0.25) is 5.10 Å². The Labute approximate surface area is 124 Å². The Balaban J connectivity index is 1.97. The van der Waals surface area contributed by atoms with E-state index in [1.807, 2.05) is 17.5 Å². The second-order valence-corrected chi connectivity index (χ2v) is 7.21. The summed E-state index contributed by atoms with van der Waals surface area (Å²) >= 11 is 1.66. The number of hydrogen-bond acceptors (Lipinski definition) is 4. The van der Waals surface area contributed by atoms with Crippen LogP contribution >= 0.6 is 11.3 Å². The molecule has 2 aromatic heterocycles. The van der Waals surface area contributed by atoms with Gasteiger partial charge < -0.3 is 5.73 Å². The fraction of sp³-hybridized carbons (Fsp3) is 0.600. The number of aromatic amines is 1. The molecule has 0 saturated heterocycles. The molecule has 4 nitrogen and oxygen atoms in total. The maximum Gasteiger partial charge on any atom is 0.191 e. The summed E-state index contributed by atoms with van der Waals surface area (Å²) in [5, 5.41) is 9.40.